The van der Waals surface area contributed by atoms with Crippen LogP contribution in [0.1, 0.15) is 39.5 Å². The van der Waals surface area contributed by atoms with Crippen LogP contribution in [0.25, 0.3) is 0 Å². The molecule has 0 fully saturated rings. The Kier molecular flexibility index (Phi) is 6.90. The van der Waals surface area contributed by atoms with Gasteiger partial charge in [-0.05, 0) is 25.8 Å². The van der Waals surface area contributed by atoms with Gasteiger partial charge in [-0.2, -0.15) is 0 Å². The molecule has 0 radical (unpaired) electrons. The van der Waals surface area contributed by atoms with E-state index in [0.717, 1.165) is 18.8 Å². The predicted octanol–water partition coefficient (Wildman–Crippen LogP) is 2.42. The van der Waals surface area contributed by atoms with Crippen molar-refractivity contribution < 1.29 is 0 Å². The van der Waals surface area contributed by atoms with E-state index in [4.69, 9.17) is 6.42 Å². The molecule has 1 heteroatoms. The Morgan fingerprint density at radius 3 is 2.50 bits per heavy atom. The van der Waals surface area contributed by atoms with E-state index in [-0.39, 0.29) is 0 Å². The Bertz CT molecular complexity index is 134. The number of rotatable bonds is 6. The van der Waals surface area contributed by atoms with Crippen molar-refractivity contribution in [3.63, 3.8) is 0 Å². The minimum Gasteiger partial charge on any atom is -0.317 e. The maximum atomic E-state index is 5.23. The van der Waals surface area contributed by atoms with E-state index >= 15 is 0 Å². The summed E-state index contributed by atoms with van der Waals surface area (Å²) >= 11 is 0. The summed E-state index contributed by atoms with van der Waals surface area (Å²) in [6, 6.07) is 0.598. The van der Waals surface area contributed by atoms with Crippen LogP contribution in [0.15, 0.2) is 0 Å². The molecule has 70 valence electrons. The van der Waals surface area contributed by atoms with Gasteiger partial charge in [-0.1, -0.05) is 20.3 Å². The van der Waals surface area contributed by atoms with Gasteiger partial charge in [-0.25, -0.2) is 0 Å². The SMILES string of the molecule is C#CCCC(NC)C(C)CCC. The van der Waals surface area contributed by atoms with Crippen LogP contribution in [0.3, 0.4) is 0 Å². The molecule has 0 aromatic rings. The molecule has 2 atom stereocenters. The van der Waals surface area contributed by atoms with E-state index in [2.05, 4.69) is 25.1 Å². The van der Waals surface area contributed by atoms with Crippen LogP contribution in [-0.4, -0.2) is 13.1 Å². The number of terminal acetylenes is 1. The summed E-state index contributed by atoms with van der Waals surface area (Å²) in [6.07, 6.45) is 9.77. The summed E-state index contributed by atoms with van der Waals surface area (Å²) in [5, 5.41) is 3.33. The fourth-order valence-electron chi connectivity index (χ4n) is 1.61. The average Bonchev–Trinajstić information content (AvgIpc) is 2.06. The maximum Gasteiger partial charge on any atom is 0.0101 e. The summed E-state index contributed by atoms with van der Waals surface area (Å²) in [5.74, 6) is 3.43. The Morgan fingerprint density at radius 2 is 2.08 bits per heavy atom. The molecule has 0 saturated carbocycles. The van der Waals surface area contributed by atoms with Crippen LogP contribution in [0.2, 0.25) is 0 Å². The van der Waals surface area contributed by atoms with Crippen LogP contribution >= 0.6 is 0 Å². The quantitative estimate of drug-likeness (QED) is 0.599. The van der Waals surface area contributed by atoms with E-state index in [1.54, 1.807) is 0 Å². The molecule has 1 nitrogen and oxygen atoms in total. The van der Waals surface area contributed by atoms with Crippen LogP contribution < -0.4 is 5.32 Å². The Hall–Kier alpha value is -0.480. The fourth-order valence-corrected chi connectivity index (χ4v) is 1.61. The largest absolute Gasteiger partial charge is 0.317 e. The molecule has 0 rings (SSSR count). The molecule has 2 unspecified atom stereocenters. The molecule has 0 amide bonds. The normalized spacial score (nSPS) is 15.2. The first-order chi connectivity index (χ1) is 5.76. The van der Waals surface area contributed by atoms with Crippen LogP contribution in [0, 0.1) is 18.3 Å². The number of hydrogen-bond donors (Lipinski definition) is 1. The van der Waals surface area contributed by atoms with Crippen molar-refractivity contribution in [1.29, 1.82) is 0 Å². The molecule has 12 heavy (non-hydrogen) atoms. The van der Waals surface area contributed by atoms with Gasteiger partial charge in [0.15, 0.2) is 0 Å². The first-order valence-corrected chi connectivity index (χ1v) is 4.87. The molecule has 0 saturated heterocycles. The van der Waals surface area contributed by atoms with Gasteiger partial charge >= 0.3 is 0 Å². The molecule has 0 aliphatic carbocycles. The van der Waals surface area contributed by atoms with Gasteiger partial charge in [0.25, 0.3) is 0 Å². The van der Waals surface area contributed by atoms with Crippen molar-refractivity contribution in [2.75, 3.05) is 7.05 Å². The molecule has 0 bridgehead atoms. The molecule has 0 aromatic carbocycles. The fraction of sp³-hybridized carbons (Fsp3) is 0.818. The van der Waals surface area contributed by atoms with Gasteiger partial charge in [-0.3, -0.25) is 0 Å². The standard InChI is InChI=1S/C11H21N/c1-5-7-9-11(12-4)10(3)8-6-2/h1,10-12H,6-9H2,2-4H3. The summed E-state index contributed by atoms with van der Waals surface area (Å²) in [6.45, 7) is 4.52. The van der Waals surface area contributed by atoms with E-state index in [1.165, 1.54) is 12.8 Å². The van der Waals surface area contributed by atoms with Crippen molar-refractivity contribution >= 4 is 0 Å². The molecular formula is C11H21N. The van der Waals surface area contributed by atoms with E-state index in [1.807, 2.05) is 7.05 Å². The summed E-state index contributed by atoms with van der Waals surface area (Å²) in [5.41, 5.74) is 0. The van der Waals surface area contributed by atoms with Gasteiger partial charge in [0.2, 0.25) is 0 Å². The maximum absolute atomic E-state index is 5.23. The lowest BCUT2D eigenvalue weighted by Crippen LogP contribution is -2.31. The zero-order valence-corrected chi connectivity index (χ0v) is 8.56. The Balaban J connectivity index is 3.72. The van der Waals surface area contributed by atoms with E-state index in [9.17, 15) is 0 Å². The Morgan fingerprint density at radius 1 is 1.42 bits per heavy atom. The summed E-state index contributed by atoms with van der Waals surface area (Å²) < 4.78 is 0. The minimum absolute atomic E-state index is 0.598. The number of nitrogens with one attached hydrogen (secondary N) is 1. The predicted molar refractivity (Wildman–Crippen MR) is 55.0 cm³/mol. The molecule has 1 N–H and O–H groups in total. The van der Waals surface area contributed by atoms with Gasteiger partial charge in [0, 0.05) is 12.5 Å². The van der Waals surface area contributed by atoms with Crippen molar-refractivity contribution in [3.05, 3.63) is 0 Å². The van der Waals surface area contributed by atoms with Crippen molar-refractivity contribution in [1.82, 2.24) is 5.32 Å². The highest BCUT2D eigenvalue weighted by atomic mass is 14.9. The first kappa shape index (κ1) is 11.5. The van der Waals surface area contributed by atoms with Gasteiger partial charge < -0.3 is 5.32 Å². The summed E-state index contributed by atoms with van der Waals surface area (Å²) in [4.78, 5) is 0. The lowest BCUT2D eigenvalue weighted by Gasteiger charge is -2.22. The van der Waals surface area contributed by atoms with Gasteiger partial charge in [-0.15, -0.1) is 12.3 Å². The van der Waals surface area contributed by atoms with E-state index < -0.39 is 0 Å². The number of hydrogen-bond acceptors (Lipinski definition) is 1. The molecule has 0 spiro atoms. The zero-order chi connectivity index (χ0) is 9.40. The van der Waals surface area contributed by atoms with Gasteiger partial charge in [0.05, 0.1) is 0 Å². The molecule has 0 heterocycles. The molecule has 0 aliphatic heterocycles. The van der Waals surface area contributed by atoms with Crippen LogP contribution in [-0.2, 0) is 0 Å². The van der Waals surface area contributed by atoms with Crippen LogP contribution in [0.4, 0.5) is 0 Å². The lowest BCUT2D eigenvalue weighted by atomic mass is 9.93. The highest BCUT2D eigenvalue weighted by Crippen LogP contribution is 2.14. The first-order valence-electron chi connectivity index (χ1n) is 4.87. The third-order valence-corrected chi connectivity index (χ3v) is 2.40. The van der Waals surface area contributed by atoms with Crippen molar-refractivity contribution in [2.24, 2.45) is 5.92 Å². The van der Waals surface area contributed by atoms with Crippen molar-refractivity contribution in [3.8, 4) is 12.3 Å². The lowest BCUT2D eigenvalue weighted by molar-refractivity contribution is 0.358. The topological polar surface area (TPSA) is 12.0 Å². The smallest absolute Gasteiger partial charge is 0.0101 e. The second-order valence-electron chi connectivity index (χ2n) is 3.40. The third-order valence-electron chi connectivity index (χ3n) is 2.40. The minimum atomic E-state index is 0.598. The van der Waals surface area contributed by atoms with Crippen LogP contribution in [0.5, 0.6) is 0 Å². The second kappa shape index (κ2) is 7.18. The third kappa shape index (κ3) is 4.41. The van der Waals surface area contributed by atoms with E-state index in [0.29, 0.717) is 6.04 Å². The summed E-state index contributed by atoms with van der Waals surface area (Å²) in [7, 11) is 2.02. The van der Waals surface area contributed by atoms with Gasteiger partial charge in [0.1, 0.15) is 0 Å². The molecule has 0 aromatic heterocycles. The Labute approximate surface area is 76.9 Å². The zero-order valence-electron chi connectivity index (χ0n) is 8.56. The van der Waals surface area contributed by atoms with Crippen molar-refractivity contribution in [2.45, 2.75) is 45.6 Å². The average molecular weight is 167 g/mol. The highest BCUT2D eigenvalue weighted by Gasteiger charge is 2.12. The highest BCUT2D eigenvalue weighted by molar-refractivity contribution is 4.86. The molecular weight excluding hydrogens is 146 g/mol. The molecule has 0 aliphatic rings. The monoisotopic (exact) mass is 167 g/mol. The second-order valence-corrected chi connectivity index (χ2v) is 3.40.